The number of rotatable bonds is 2. The normalized spacial score (nSPS) is 10.3. The van der Waals surface area contributed by atoms with Crippen LogP contribution in [0, 0.1) is 5.82 Å². The topological polar surface area (TPSA) is 29.1 Å². The number of benzene rings is 1. The lowest BCUT2D eigenvalue weighted by molar-refractivity contribution is 0.103. The number of thiophene rings is 1. The van der Waals surface area contributed by atoms with Crippen LogP contribution in [0.3, 0.4) is 0 Å². The molecular weight excluding hydrogens is 373 g/mol. The Bertz CT molecular complexity index is 570. The Hall–Kier alpha value is -0.720. The van der Waals surface area contributed by atoms with E-state index in [0.717, 1.165) is 3.79 Å². The van der Waals surface area contributed by atoms with Gasteiger partial charge in [-0.25, -0.2) is 4.39 Å². The van der Waals surface area contributed by atoms with E-state index < -0.39 is 0 Å². The second-order valence-corrected chi connectivity index (χ2v) is 6.50. The Labute approximate surface area is 118 Å². The number of hydrogen-bond acceptors (Lipinski definition) is 2. The molecule has 0 saturated carbocycles. The third kappa shape index (κ3) is 3.14. The molecule has 0 saturated heterocycles. The summed E-state index contributed by atoms with van der Waals surface area (Å²) in [6.07, 6.45) is 0. The van der Waals surface area contributed by atoms with E-state index in [2.05, 4.69) is 37.2 Å². The van der Waals surface area contributed by atoms with Crippen LogP contribution >= 0.6 is 43.2 Å². The molecule has 0 spiro atoms. The molecule has 2 nitrogen and oxygen atoms in total. The summed E-state index contributed by atoms with van der Waals surface area (Å²) in [5.41, 5.74) is 0.549. The van der Waals surface area contributed by atoms with Crippen LogP contribution in [0.5, 0.6) is 0 Å². The second kappa shape index (κ2) is 5.29. The Morgan fingerprint density at radius 1 is 1.24 bits per heavy atom. The third-order valence-electron chi connectivity index (χ3n) is 1.97. The van der Waals surface area contributed by atoms with Crippen LogP contribution in [0.15, 0.2) is 38.6 Å². The first-order valence-electron chi connectivity index (χ1n) is 4.58. The second-order valence-electron chi connectivity index (χ2n) is 3.19. The predicted octanol–water partition coefficient (Wildman–Crippen LogP) is 4.66. The maximum absolute atomic E-state index is 13.0. The van der Waals surface area contributed by atoms with Gasteiger partial charge in [0.25, 0.3) is 5.91 Å². The van der Waals surface area contributed by atoms with Crippen molar-refractivity contribution >= 4 is 54.8 Å². The molecule has 1 heterocycles. The van der Waals surface area contributed by atoms with Crippen molar-refractivity contribution in [2.75, 3.05) is 5.32 Å². The van der Waals surface area contributed by atoms with Gasteiger partial charge in [-0.3, -0.25) is 4.79 Å². The summed E-state index contributed by atoms with van der Waals surface area (Å²) in [5.74, 6) is -0.568. The van der Waals surface area contributed by atoms with Crippen molar-refractivity contribution in [3.63, 3.8) is 0 Å². The molecule has 6 heteroatoms. The standard InChI is InChI=1S/C11H6Br2FNOS/c12-7-5-6(1-2-8(7)14)15-11(16)9-3-4-10(13)17-9/h1-5H,(H,15,16). The van der Waals surface area contributed by atoms with Gasteiger partial charge in [0.1, 0.15) is 5.82 Å². The average Bonchev–Trinajstić information content (AvgIpc) is 2.70. The van der Waals surface area contributed by atoms with Crippen LogP contribution in [-0.4, -0.2) is 5.91 Å². The van der Waals surface area contributed by atoms with Gasteiger partial charge in [0, 0.05) is 5.69 Å². The van der Waals surface area contributed by atoms with Crippen LogP contribution in [0.1, 0.15) is 9.67 Å². The van der Waals surface area contributed by atoms with Crippen LogP contribution in [0.2, 0.25) is 0 Å². The molecule has 0 bridgehead atoms. The number of halogens is 3. The minimum atomic E-state index is -0.359. The molecule has 88 valence electrons. The van der Waals surface area contributed by atoms with Crippen molar-refractivity contribution in [3.05, 3.63) is 49.3 Å². The maximum Gasteiger partial charge on any atom is 0.265 e. The molecule has 1 amide bonds. The average molecular weight is 379 g/mol. The summed E-state index contributed by atoms with van der Waals surface area (Å²) in [6, 6.07) is 7.86. The van der Waals surface area contributed by atoms with Gasteiger partial charge in [-0.15, -0.1) is 11.3 Å². The highest BCUT2D eigenvalue weighted by Gasteiger charge is 2.09. The first kappa shape index (κ1) is 12.7. The number of hydrogen-bond donors (Lipinski definition) is 1. The highest BCUT2D eigenvalue weighted by Crippen LogP contribution is 2.24. The molecule has 2 rings (SSSR count). The van der Waals surface area contributed by atoms with E-state index in [0.29, 0.717) is 15.0 Å². The Balaban J connectivity index is 2.15. The lowest BCUT2D eigenvalue weighted by atomic mass is 10.3. The fourth-order valence-electron chi connectivity index (χ4n) is 1.20. The van der Waals surface area contributed by atoms with E-state index in [1.807, 2.05) is 0 Å². The SMILES string of the molecule is O=C(Nc1ccc(F)c(Br)c1)c1ccc(Br)s1. The molecule has 1 aromatic heterocycles. The molecular formula is C11H6Br2FNOS. The van der Waals surface area contributed by atoms with Crippen molar-refractivity contribution in [2.45, 2.75) is 0 Å². The predicted molar refractivity (Wildman–Crippen MR) is 74.1 cm³/mol. The molecule has 1 N–H and O–H groups in total. The number of nitrogens with one attached hydrogen (secondary N) is 1. The molecule has 0 fully saturated rings. The largest absolute Gasteiger partial charge is 0.321 e. The van der Waals surface area contributed by atoms with Crippen molar-refractivity contribution in [2.24, 2.45) is 0 Å². The summed E-state index contributed by atoms with van der Waals surface area (Å²) in [6.45, 7) is 0. The molecule has 0 aliphatic rings. The van der Waals surface area contributed by atoms with Gasteiger partial charge in [-0.2, -0.15) is 0 Å². The smallest absolute Gasteiger partial charge is 0.265 e. The zero-order valence-electron chi connectivity index (χ0n) is 8.34. The van der Waals surface area contributed by atoms with Gasteiger partial charge in [0.05, 0.1) is 13.1 Å². The van der Waals surface area contributed by atoms with Crippen molar-refractivity contribution in [3.8, 4) is 0 Å². The van der Waals surface area contributed by atoms with Gasteiger partial charge in [0.15, 0.2) is 0 Å². The number of anilines is 1. The zero-order chi connectivity index (χ0) is 12.4. The lowest BCUT2D eigenvalue weighted by Crippen LogP contribution is -2.10. The van der Waals surface area contributed by atoms with E-state index in [9.17, 15) is 9.18 Å². The summed E-state index contributed by atoms with van der Waals surface area (Å²) in [4.78, 5) is 12.4. The molecule has 17 heavy (non-hydrogen) atoms. The number of amides is 1. The quantitative estimate of drug-likeness (QED) is 0.808. The fourth-order valence-corrected chi connectivity index (χ4v) is 2.86. The number of carbonyl (C=O) groups is 1. The zero-order valence-corrected chi connectivity index (χ0v) is 12.3. The van der Waals surface area contributed by atoms with Crippen LogP contribution in [-0.2, 0) is 0 Å². The minimum absolute atomic E-state index is 0.209. The highest BCUT2D eigenvalue weighted by molar-refractivity contribution is 9.11. The van der Waals surface area contributed by atoms with E-state index >= 15 is 0 Å². The summed E-state index contributed by atoms with van der Waals surface area (Å²) >= 11 is 7.69. The fraction of sp³-hybridized carbons (Fsp3) is 0. The maximum atomic E-state index is 13.0. The molecule has 0 aliphatic carbocycles. The van der Waals surface area contributed by atoms with Gasteiger partial charge in [0.2, 0.25) is 0 Å². The van der Waals surface area contributed by atoms with Crippen molar-refractivity contribution < 1.29 is 9.18 Å². The van der Waals surface area contributed by atoms with Gasteiger partial charge in [-0.05, 0) is 62.2 Å². The molecule has 0 radical (unpaired) electrons. The third-order valence-corrected chi connectivity index (χ3v) is 4.20. The highest BCUT2D eigenvalue weighted by atomic mass is 79.9. The van der Waals surface area contributed by atoms with E-state index in [1.165, 1.54) is 29.5 Å². The van der Waals surface area contributed by atoms with E-state index in [-0.39, 0.29) is 11.7 Å². The lowest BCUT2D eigenvalue weighted by Gasteiger charge is -2.04. The Morgan fingerprint density at radius 2 is 2.00 bits per heavy atom. The van der Waals surface area contributed by atoms with Gasteiger partial charge in [-0.1, -0.05) is 0 Å². The van der Waals surface area contributed by atoms with Crippen molar-refractivity contribution in [1.82, 2.24) is 0 Å². The van der Waals surface area contributed by atoms with Crippen molar-refractivity contribution in [1.29, 1.82) is 0 Å². The molecule has 0 aliphatic heterocycles. The van der Waals surface area contributed by atoms with E-state index in [4.69, 9.17) is 0 Å². The first-order valence-corrected chi connectivity index (χ1v) is 6.98. The molecule has 0 atom stereocenters. The van der Waals surface area contributed by atoms with Crippen LogP contribution in [0.25, 0.3) is 0 Å². The van der Waals surface area contributed by atoms with Crippen LogP contribution in [0.4, 0.5) is 10.1 Å². The van der Waals surface area contributed by atoms with Crippen LogP contribution < -0.4 is 5.32 Å². The molecule has 2 aromatic rings. The monoisotopic (exact) mass is 377 g/mol. The minimum Gasteiger partial charge on any atom is -0.321 e. The summed E-state index contributed by atoms with van der Waals surface area (Å²) in [5, 5.41) is 2.69. The number of carbonyl (C=O) groups excluding carboxylic acids is 1. The van der Waals surface area contributed by atoms with E-state index in [1.54, 1.807) is 12.1 Å². The summed E-state index contributed by atoms with van der Waals surface area (Å²) in [7, 11) is 0. The van der Waals surface area contributed by atoms with Gasteiger partial charge >= 0.3 is 0 Å². The molecule has 1 aromatic carbocycles. The first-order chi connectivity index (χ1) is 8.06. The Morgan fingerprint density at radius 3 is 2.59 bits per heavy atom. The Kier molecular flexibility index (Phi) is 3.96. The van der Waals surface area contributed by atoms with Gasteiger partial charge < -0.3 is 5.32 Å². The summed E-state index contributed by atoms with van der Waals surface area (Å²) < 4.78 is 14.2. The molecule has 0 unspecified atom stereocenters.